The van der Waals surface area contributed by atoms with Crippen molar-refractivity contribution in [3.8, 4) is 0 Å². The largest absolute Gasteiger partial charge is 0.344 e. The van der Waals surface area contributed by atoms with Crippen LogP contribution in [0.1, 0.15) is 35.1 Å². The van der Waals surface area contributed by atoms with E-state index >= 15 is 0 Å². The topological polar surface area (TPSA) is 47.4 Å². The first-order valence-electron chi connectivity index (χ1n) is 10.4. The Morgan fingerprint density at radius 1 is 0.767 bits per heavy atom. The standard InChI is InChI=1S/C27H21NS.H3N/c1-5-11-22-18(7-1)13-15-23-21-10-4-2-9-20(21)17-24(27(22)23)25-16-14-19-8-3-6-12-26(19)29-28-25;/h2-4,6,8-10,12-17H,1,5,7,11H2;1H3. The lowest BCUT2D eigenvalue weighted by Gasteiger charge is -2.21. The molecular weight excluding hydrogens is 384 g/mol. The lowest BCUT2D eigenvalue weighted by atomic mass is 9.83. The van der Waals surface area contributed by atoms with Crippen molar-refractivity contribution in [2.75, 3.05) is 0 Å². The maximum absolute atomic E-state index is 4.99. The van der Waals surface area contributed by atoms with Gasteiger partial charge in [0.15, 0.2) is 0 Å². The Kier molecular flexibility index (Phi) is 4.93. The van der Waals surface area contributed by atoms with Gasteiger partial charge in [0, 0.05) is 22.4 Å². The summed E-state index contributed by atoms with van der Waals surface area (Å²) in [7, 11) is 0. The van der Waals surface area contributed by atoms with Gasteiger partial charge in [-0.25, -0.2) is 4.40 Å². The Labute approximate surface area is 181 Å². The molecular formula is C27H24N2S. The summed E-state index contributed by atoms with van der Waals surface area (Å²) in [5, 5.41) is 5.40. The van der Waals surface area contributed by atoms with Crippen LogP contribution in [-0.4, -0.2) is 5.71 Å². The van der Waals surface area contributed by atoms with Crippen LogP contribution < -0.4 is 6.15 Å². The molecule has 1 heterocycles. The van der Waals surface area contributed by atoms with Crippen LogP contribution in [0.4, 0.5) is 0 Å². The van der Waals surface area contributed by atoms with E-state index in [0.29, 0.717) is 0 Å². The maximum Gasteiger partial charge on any atom is 0.0796 e. The number of nitrogens with zero attached hydrogens (tertiary/aromatic N) is 1. The van der Waals surface area contributed by atoms with E-state index in [1.165, 1.54) is 74.4 Å². The van der Waals surface area contributed by atoms with Crippen molar-refractivity contribution in [1.29, 1.82) is 0 Å². The summed E-state index contributed by atoms with van der Waals surface area (Å²) in [6.45, 7) is 0. The van der Waals surface area contributed by atoms with Crippen molar-refractivity contribution in [1.82, 2.24) is 6.15 Å². The molecule has 3 heteroatoms. The Morgan fingerprint density at radius 2 is 1.60 bits per heavy atom. The summed E-state index contributed by atoms with van der Waals surface area (Å²) >= 11 is 1.59. The van der Waals surface area contributed by atoms with Crippen molar-refractivity contribution in [3.63, 3.8) is 0 Å². The molecule has 0 fully saturated rings. The monoisotopic (exact) mass is 408 g/mol. The summed E-state index contributed by atoms with van der Waals surface area (Å²) in [6, 6.07) is 24.3. The molecule has 0 radical (unpaired) electrons. The molecule has 0 aromatic heterocycles. The van der Waals surface area contributed by atoms with E-state index in [0.717, 1.165) is 5.71 Å². The highest BCUT2D eigenvalue weighted by Gasteiger charge is 2.19. The average molecular weight is 409 g/mol. The van der Waals surface area contributed by atoms with Crippen LogP contribution in [0.3, 0.4) is 0 Å². The second-order valence-corrected chi connectivity index (χ2v) is 8.72. The number of hydrogen-bond donors (Lipinski definition) is 1. The van der Waals surface area contributed by atoms with Crippen LogP contribution in [0.25, 0.3) is 27.6 Å². The van der Waals surface area contributed by atoms with Crippen LogP contribution in [0.15, 0.2) is 82.1 Å². The molecule has 0 saturated carbocycles. The van der Waals surface area contributed by atoms with Crippen molar-refractivity contribution in [3.05, 3.63) is 95.1 Å². The predicted octanol–water partition coefficient (Wildman–Crippen LogP) is 7.56. The first-order valence-corrected chi connectivity index (χ1v) is 11.1. The number of benzene rings is 4. The molecule has 2 nitrogen and oxygen atoms in total. The van der Waals surface area contributed by atoms with Gasteiger partial charge in [-0.05, 0) is 82.1 Å². The zero-order chi connectivity index (χ0) is 19.2. The van der Waals surface area contributed by atoms with Gasteiger partial charge in [-0.2, -0.15) is 0 Å². The predicted molar refractivity (Wildman–Crippen MR) is 131 cm³/mol. The molecule has 0 amide bonds. The fourth-order valence-corrected chi connectivity index (χ4v) is 5.53. The van der Waals surface area contributed by atoms with E-state index in [1.54, 1.807) is 11.9 Å². The Balaban J connectivity index is 0.00000193. The third-order valence-corrected chi connectivity index (χ3v) is 7.07. The molecule has 0 saturated heterocycles. The van der Waals surface area contributed by atoms with Crippen molar-refractivity contribution >= 4 is 45.3 Å². The van der Waals surface area contributed by atoms with Gasteiger partial charge in [0.25, 0.3) is 0 Å². The van der Waals surface area contributed by atoms with E-state index < -0.39 is 0 Å². The van der Waals surface area contributed by atoms with Gasteiger partial charge >= 0.3 is 0 Å². The molecule has 2 aliphatic rings. The molecule has 6 rings (SSSR count). The molecule has 0 atom stereocenters. The number of rotatable bonds is 1. The first kappa shape index (κ1) is 19.1. The molecule has 0 bridgehead atoms. The smallest absolute Gasteiger partial charge is 0.0796 e. The number of hydrogen-bond acceptors (Lipinski definition) is 3. The SMILES string of the molecule is C1=Cc2ccccc2SN=C1c1cc2ccccc2c2ccc3c(c12)CCCC3.N. The van der Waals surface area contributed by atoms with Crippen LogP contribution in [0, 0.1) is 0 Å². The van der Waals surface area contributed by atoms with Gasteiger partial charge in [-0.15, -0.1) is 0 Å². The lowest BCUT2D eigenvalue weighted by molar-refractivity contribution is 0.690. The Morgan fingerprint density at radius 3 is 2.57 bits per heavy atom. The van der Waals surface area contributed by atoms with E-state index in [2.05, 4.69) is 78.9 Å². The van der Waals surface area contributed by atoms with Crippen molar-refractivity contribution in [2.45, 2.75) is 30.6 Å². The molecule has 0 unspecified atom stereocenters. The van der Waals surface area contributed by atoms with Gasteiger partial charge in [0.05, 0.1) is 5.71 Å². The van der Waals surface area contributed by atoms with E-state index in [-0.39, 0.29) is 6.15 Å². The van der Waals surface area contributed by atoms with Crippen LogP contribution in [0.5, 0.6) is 0 Å². The number of fused-ring (bicyclic) bond motifs is 6. The molecule has 4 aromatic carbocycles. The van der Waals surface area contributed by atoms with Gasteiger partial charge in [0.2, 0.25) is 0 Å². The second-order valence-electron chi connectivity index (χ2n) is 7.92. The molecule has 148 valence electrons. The van der Waals surface area contributed by atoms with Crippen molar-refractivity contribution in [2.24, 2.45) is 4.40 Å². The summed E-state index contributed by atoms with van der Waals surface area (Å²) in [6.07, 6.45) is 9.35. The number of allylic oxidation sites excluding steroid dienone is 1. The summed E-state index contributed by atoms with van der Waals surface area (Å²) < 4.78 is 4.99. The minimum atomic E-state index is 0. The third kappa shape index (κ3) is 3.06. The highest BCUT2D eigenvalue weighted by atomic mass is 32.2. The maximum atomic E-state index is 4.99. The zero-order valence-corrected chi connectivity index (χ0v) is 17.7. The quantitative estimate of drug-likeness (QED) is 0.261. The summed E-state index contributed by atoms with van der Waals surface area (Å²) in [4.78, 5) is 1.21. The molecule has 1 aliphatic carbocycles. The van der Waals surface area contributed by atoms with Gasteiger partial charge in [-0.3, -0.25) is 0 Å². The first-order chi connectivity index (χ1) is 14.4. The van der Waals surface area contributed by atoms with Gasteiger partial charge in [-0.1, -0.05) is 60.7 Å². The highest BCUT2D eigenvalue weighted by Crippen LogP contribution is 2.38. The zero-order valence-electron chi connectivity index (χ0n) is 16.9. The van der Waals surface area contributed by atoms with Crippen LogP contribution >= 0.6 is 11.9 Å². The van der Waals surface area contributed by atoms with E-state index in [4.69, 9.17) is 4.40 Å². The fourth-order valence-electron chi connectivity index (χ4n) is 4.80. The van der Waals surface area contributed by atoms with Crippen molar-refractivity contribution < 1.29 is 0 Å². The molecule has 0 spiro atoms. The lowest BCUT2D eigenvalue weighted by Crippen LogP contribution is -2.07. The van der Waals surface area contributed by atoms with E-state index in [1.807, 2.05) is 0 Å². The highest BCUT2D eigenvalue weighted by molar-refractivity contribution is 7.98. The Hall–Kier alpha value is -2.88. The summed E-state index contributed by atoms with van der Waals surface area (Å²) in [5.41, 5.74) is 6.64. The minimum absolute atomic E-state index is 0. The molecule has 3 N–H and O–H groups in total. The fraction of sp³-hybridized carbons (Fsp3) is 0.148. The van der Waals surface area contributed by atoms with E-state index in [9.17, 15) is 0 Å². The second kappa shape index (κ2) is 7.75. The van der Waals surface area contributed by atoms with Crippen LogP contribution in [-0.2, 0) is 12.8 Å². The molecule has 4 aromatic rings. The summed E-state index contributed by atoms with van der Waals surface area (Å²) in [5.74, 6) is 0. The third-order valence-electron chi connectivity index (χ3n) is 6.21. The Bertz CT molecular complexity index is 1330. The van der Waals surface area contributed by atoms with Gasteiger partial charge in [0.1, 0.15) is 0 Å². The average Bonchev–Trinajstić information content (AvgIpc) is 3.01. The molecule has 30 heavy (non-hydrogen) atoms. The molecule has 1 aliphatic heterocycles. The van der Waals surface area contributed by atoms with Gasteiger partial charge < -0.3 is 6.15 Å². The minimum Gasteiger partial charge on any atom is -0.344 e. The normalized spacial score (nSPS) is 15.1. The number of aryl methyl sites for hydroxylation is 2. The van der Waals surface area contributed by atoms with Crippen LogP contribution in [0.2, 0.25) is 0 Å².